The average molecular weight is 892 g/mol. The van der Waals surface area contributed by atoms with E-state index in [-0.39, 0.29) is 19.1 Å². The first-order valence-electron chi connectivity index (χ1n) is 24.3. The van der Waals surface area contributed by atoms with Gasteiger partial charge < -0.3 is 33.6 Å². The van der Waals surface area contributed by atoms with E-state index >= 15 is 0 Å². The summed E-state index contributed by atoms with van der Waals surface area (Å²) < 4.78 is 29.8. The average Bonchev–Trinajstić information content (AvgIpc) is 3.31. The van der Waals surface area contributed by atoms with Crippen LogP contribution in [0.1, 0.15) is 128 Å². The fraction of sp³-hybridized carbons (Fsp3) is 0.569. The molecule has 0 bridgehead atoms. The summed E-state index contributed by atoms with van der Waals surface area (Å²) in [5.74, 6) is 1.85. The van der Waals surface area contributed by atoms with Crippen molar-refractivity contribution in [3.8, 4) is 17.6 Å². The molecule has 0 saturated carbocycles. The number of fused-ring (bicyclic) bond motifs is 4. The second kappa shape index (κ2) is 22.1. The maximum absolute atomic E-state index is 14.5. The maximum Gasteiger partial charge on any atom is 0.407 e. The lowest BCUT2D eigenvalue weighted by Crippen LogP contribution is -2.45. The zero-order valence-electron chi connectivity index (χ0n) is 38.5. The molecular weight excluding hydrogens is 824 g/mol. The number of carbonyl (C=O) groups excluding carboxylic acids is 2. The lowest BCUT2D eigenvalue weighted by Gasteiger charge is -2.39. The van der Waals surface area contributed by atoms with Gasteiger partial charge in [0.15, 0.2) is 0 Å². The van der Waals surface area contributed by atoms with Gasteiger partial charge in [0.1, 0.15) is 31.2 Å². The van der Waals surface area contributed by atoms with Gasteiger partial charge in [0, 0.05) is 91.3 Å². The fourth-order valence-electron chi connectivity index (χ4n) is 10.4. The minimum atomic E-state index is -1.17. The minimum absolute atomic E-state index is 0.0914. The number of nitriles is 1. The third kappa shape index (κ3) is 10.1. The topological polar surface area (TPSA) is 120 Å². The summed E-state index contributed by atoms with van der Waals surface area (Å²) in [6, 6.07) is 15.0. The quantitative estimate of drug-likeness (QED) is 0.0509. The zero-order valence-corrected chi connectivity index (χ0v) is 39.4. The summed E-state index contributed by atoms with van der Waals surface area (Å²) in [6.45, 7) is 12.4. The van der Waals surface area contributed by atoms with E-state index in [0.717, 1.165) is 163 Å². The second-order valence-corrected chi connectivity index (χ2v) is 19.4. The van der Waals surface area contributed by atoms with Crippen molar-refractivity contribution in [2.45, 2.75) is 110 Å². The number of benzene rings is 3. The molecule has 3 aromatic rings. The molecule has 0 fully saturated rings. The molecule has 342 valence electrons. The molecule has 64 heavy (non-hydrogen) atoms. The number of ether oxygens (including phenoxy) is 2. The number of nitrogens with zero attached hydrogens (tertiary/aromatic N) is 5. The minimum Gasteiger partial charge on any atom is -0.455 e. The third-order valence-corrected chi connectivity index (χ3v) is 14.9. The SMILES string of the molecule is CCCN(CCC)P(OCCC#N)OCCCCCCNC(=O)OCCN(C)C(=O)c1ccccc1C1=c2cc3c4c(c2Oc2c1cc1c5c2CCCN5CCC1)CCC[N+]=4CCC3. The van der Waals surface area contributed by atoms with Crippen LogP contribution in [0.5, 0.6) is 11.5 Å². The molecule has 5 aliphatic heterocycles. The first-order chi connectivity index (χ1) is 31.4. The van der Waals surface area contributed by atoms with Crippen LogP contribution in [0.25, 0.3) is 5.57 Å². The fourth-order valence-corrected chi connectivity index (χ4v) is 12.1. The number of rotatable bonds is 21. The van der Waals surface area contributed by atoms with Crippen LogP contribution in [0, 0.1) is 11.3 Å². The van der Waals surface area contributed by atoms with Crippen LogP contribution in [0.3, 0.4) is 0 Å². The molecule has 12 nitrogen and oxygen atoms in total. The van der Waals surface area contributed by atoms with Crippen molar-refractivity contribution < 1.29 is 28.1 Å². The molecule has 13 heteroatoms. The Hall–Kier alpha value is -4.53. The number of nitrogens with one attached hydrogen (secondary N) is 1. The normalized spacial score (nSPS) is 16.2. The highest BCUT2D eigenvalue weighted by atomic mass is 31.2. The summed E-state index contributed by atoms with van der Waals surface area (Å²) in [5.41, 5.74) is 10.6. The Balaban J connectivity index is 0.910. The van der Waals surface area contributed by atoms with Gasteiger partial charge in [0.25, 0.3) is 14.4 Å². The molecule has 2 amide bonds. The second-order valence-electron chi connectivity index (χ2n) is 17.9. The Bertz CT molecular complexity index is 2330. The summed E-state index contributed by atoms with van der Waals surface area (Å²) in [5, 5.41) is 14.3. The van der Waals surface area contributed by atoms with Gasteiger partial charge in [-0.25, -0.2) is 14.0 Å². The molecule has 5 heterocycles. The zero-order chi connectivity index (χ0) is 44.4. The predicted molar refractivity (Wildman–Crippen MR) is 253 cm³/mol. The summed E-state index contributed by atoms with van der Waals surface area (Å²) >= 11 is 0. The molecule has 3 aromatic carbocycles. The number of aryl methyl sites for hydroxylation is 2. The molecule has 1 unspecified atom stereocenters. The Kier molecular flexibility index (Phi) is 15.9. The standard InChI is InChI=1S/C51H67N6O6P/c1-4-25-57(26-5-2)64(62-33-16-23-52)61-32-11-7-6-10-24-53-51(59)60-34-31-54(3)50(58)40-20-9-8-19-39(40)45-43-35-37-17-12-27-55-29-14-21-41(46(37)55)48(43)63-49-42-22-15-30-56-28-13-18-38(47(42)56)36-44(45)49/h8-9,19-20,35-36H,4-7,10-18,21-22,24-34H2,1-3H3/p+1. The molecule has 0 radical (unpaired) electrons. The Morgan fingerprint density at radius 2 is 1.58 bits per heavy atom. The summed E-state index contributed by atoms with van der Waals surface area (Å²) in [6.07, 6.45) is 14.1. The number of amides is 2. The largest absolute Gasteiger partial charge is 0.455 e. The molecular formula is C51H68N6O6P+. The van der Waals surface area contributed by atoms with Crippen LogP contribution in [0.15, 0.2) is 36.4 Å². The van der Waals surface area contributed by atoms with Crippen molar-refractivity contribution >= 4 is 31.8 Å². The van der Waals surface area contributed by atoms with Crippen LogP contribution >= 0.6 is 8.53 Å². The predicted octanol–water partition coefficient (Wildman–Crippen LogP) is 7.78. The lowest BCUT2D eigenvalue weighted by molar-refractivity contribution is 0.0744. The van der Waals surface area contributed by atoms with E-state index in [4.69, 9.17) is 23.8 Å². The third-order valence-electron chi connectivity index (χ3n) is 13.3. The van der Waals surface area contributed by atoms with E-state index in [1.165, 1.54) is 33.3 Å². The summed E-state index contributed by atoms with van der Waals surface area (Å²) in [7, 11) is 0.623. The van der Waals surface area contributed by atoms with Gasteiger partial charge in [0.05, 0.1) is 37.8 Å². The Morgan fingerprint density at radius 1 is 0.844 bits per heavy atom. The van der Waals surface area contributed by atoms with Crippen LogP contribution in [0.4, 0.5) is 10.5 Å². The van der Waals surface area contributed by atoms with Gasteiger partial charge >= 0.3 is 6.09 Å². The Labute approximate surface area is 381 Å². The number of hydrogen-bond acceptors (Lipinski definition) is 9. The van der Waals surface area contributed by atoms with E-state index < -0.39 is 14.6 Å². The van der Waals surface area contributed by atoms with Crippen molar-refractivity contribution in [3.05, 3.63) is 85.9 Å². The molecule has 0 saturated heterocycles. The highest BCUT2D eigenvalue weighted by Crippen LogP contribution is 2.49. The van der Waals surface area contributed by atoms with Gasteiger partial charge in [-0.2, -0.15) is 5.26 Å². The van der Waals surface area contributed by atoms with E-state index in [1.54, 1.807) is 11.9 Å². The first kappa shape index (κ1) is 46.0. The monoisotopic (exact) mass is 891 g/mol. The van der Waals surface area contributed by atoms with Gasteiger partial charge in [-0.3, -0.25) is 4.79 Å². The van der Waals surface area contributed by atoms with E-state index in [0.29, 0.717) is 31.7 Å². The number of anilines is 1. The number of hydrogen-bond donors (Lipinski definition) is 1. The smallest absolute Gasteiger partial charge is 0.407 e. The van der Waals surface area contributed by atoms with Crippen molar-refractivity contribution in [1.29, 1.82) is 5.26 Å². The lowest BCUT2D eigenvalue weighted by atomic mass is 9.81. The van der Waals surface area contributed by atoms with Gasteiger partial charge in [-0.05, 0) is 93.5 Å². The van der Waals surface area contributed by atoms with Crippen LogP contribution in [-0.2, 0) is 39.5 Å². The first-order valence-corrected chi connectivity index (χ1v) is 25.4. The number of carbonyl (C=O) groups is 2. The molecule has 0 spiro atoms. The van der Waals surface area contributed by atoms with E-state index in [2.05, 4.69) is 57.6 Å². The van der Waals surface area contributed by atoms with Gasteiger partial charge in [-0.1, -0.05) is 44.9 Å². The van der Waals surface area contributed by atoms with Crippen molar-refractivity contribution in [1.82, 2.24) is 19.5 Å². The Morgan fingerprint density at radius 3 is 2.39 bits per heavy atom. The molecule has 1 atom stereocenters. The highest BCUT2D eigenvalue weighted by Gasteiger charge is 2.36. The molecule has 8 rings (SSSR count). The van der Waals surface area contributed by atoms with Gasteiger partial charge in [0.2, 0.25) is 5.36 Å². The molecule has 1 N–H and O–H groups in total. The number of alkyl carbamates (subject to hydrolysis) is 1. The van der Waals surface area contributed by atoms with Crippen LogP contribution < -0.4 is 30.1 Å². The van der Waals surface area contributed by atoms with Crippen LogP contribution in [0.2, 0.25) is 0 Å². The summed E-state index contributed by atoms with van der Waals surface area (Å²) in [4.78, 5) is 31.4. The molecule has 0 aliphatic carbocycles. The van der Waals surface area contributed by atoms with Crippen molar-refractivity contribution in [2.24, 2.45) is 0 Å². The number of likely N-dealkylation sites (N-methyl/N-ethyl adjacent to an activating group) is 1. The maximum atomic E-state index is 14.5. The van der Waals surface area contributed by atoms with Gasteiger partial charge in [-0.15, -0.1) is 0 Å². The number of unbranched alkanes of at least 4 members (excludes halogenated alkanes) is 3. The van der Waals surface area contributed by atoms with E-state index in [9.17, 15) is 9.59 Å². The van der Waals surface area contributed by atoms with Crippen molar-refractivity contribution in [3.63, 3.8) is 0 Å². The van der Waals surface area contributed by atoms with Crippen molar-refractivity contribution in [2.75, 3.05) is 84.1 Å². The van der Waals surface area contributed by atoms with Crippen LogP contribution in [-0.4, -0.2) is 101 Å². The highest BCUT2D eigenvalue weighted by molar-refractivity contribution is 7.44. The molecule has 0 aromatic heterocycles. The van der Waals surface area contributed by atoms with E-state index in [1.807, 2.05) is 18.2 Å². The molecule has 5 aliphatic rings.